The first-order valence-electron chi connectivity index (χ1n) is 10.0. The van der Waals surface area contributed by atoms with E-state index in [4.69, 9.17) is 9.47 Å². The highest BCUT2D eigenvalue weighted by Gasteiger charge is 2.34. The average Bonchev–Trinajstić information content (AvgIpc) is 3.40. The fourth-order valence-electron chi connectivity index (χ4n) is 4.26. The fourth-order valence-corrected chi connectivity index (χ4v) is 4.26. The monoisotopic (exact) mass is 393 g/mol. The maximum Gasteiger partial charge on any atom is 0.227 e. The average molecular weight is 393 g/mol. The van der Waals surface area contributed by atoms with Crippen LogP contribution in [0, 0.1) is 5.92 Å². The number of imidazole rings is 1. The third kappa shape index (κ3) is 3.67. The van der Waals surface area contributed by atoms with Crippen molar-refractivity contribution in [2.45, 2.75) is 32.4 Å². The summed E-state index contributed by atoms with van der Waals surface area (Å²) in [5, 5.41) is 0. The van der Waals surface area contributed by atoms with Crippen molar-refractivity contribution in [3.05, 3.63) is 54.4 Å². The molecule has 29 heavy (non-hydrogen) atoms. The van der Waals surface area contributed by atoms with Crippen molar-refractivity contribution in [3.8, 4) is 11.5 Å². The molecule has 0 unspecified atom stereocenters. The van der Waals surface area contributed by atoms with Crippen LogP contribution in [0.3, 0.4) is 0 Å². The first-order chi connectivity index (χ1) is 14.1. The Balaban J connectivity index is 1.54. The van der Waals surface area contributed by atoms with Crippen molar-refractivity contribution < 1.29 is 14.3 Å². The summed E-state index contributed by atoms with van der Waals surface area (Å²) in [4.78, 5) is 19.8. The second-order valence-corrected chi connectivity index (χ2v) is 7.58. The van der Waals surface area contributed by atoms with Gasteiger partial charge in [0.05, 0.1) is 43.5 Å². The van der Waals surface area contributed by atoms with Gasteiger partial charge in [-0.1, -0.05) is 19.1 Å². The predicted molar refractivity (Wildman–Crippen MR) is 112 cm³/mol. The van der Waals surface area contributed by atoms with Gasteiger partial charge in [0, 0.05) is 24.7 Å². The number of hydrogen-bond donors (Lipinski definition) is 0. The van der Waals surface area contributed by atoms with Crippen molar-refractivity contribution in [2.75, 3.05) is 20.8 Å². The van der Waals surface area contributed by atoms with Gasteiger partial charge in [-0.3, -0.25) is 4.79 Å². The van der Waals surface area contributed by atoms with Gasteiger partial charge in [0.25, 0.3) is 0 Å². The second kappa shape index (κ2) is 8.15. The molecule has 6 nitrogen and oxygen atoms in total. The number of carbonyl (C=O) groups excluding carboxylic acids is 1. The highest BCUT2D eigenvalue weighted by Crippen LogP contribution is 2.39. The molecule has 6 heteroatoms. The van der Waals surface area contributed by atoms with Gasteiger partial charge >= 0.3 is 0 Å². The second-order valence-electron chi connectivity index (χ2n) is 7.58. The molecule has 0 spiro atoms. The molecule has 2 heterocycles. The molecule has 152 valence electrons. The van der Waals surface area contributed by atoms with E-state index in [2.05, 4.69) is 9.55 Å². The SMILES string of the molecule is COc1ccc([C@H]2CCCN2C(=O)[C@@H](C)Cn2cnc3ccccc32)c(OC)c1. The van der Waals surface area contributed by atoms with Gasteiger partial charge < -0.3 is 18.9 Å². The van der Waals surface area contributed by atoms with E-state index in [1.54, 1.807) is 14.2 Å². The van der Waals surface area contributed by atoms with Crippen molar-refractivity contribution in [2.24, 2.45) is 5.92 Å². The molecule has 3 aromatic rings. The normalized spacial score (nSPS) is 17.5. The quantitative estimate of drug-likeness (QED) is 0.634. The van der Waals surface area contributed by atoms with E-state index in [9.17, 15) is 4.79 Å². The number of amides is 1. The van der Waals surface area contributed by atoms with Crippen LogP contribution in [0.2, 0.25) is 0 Å². The smallest absolute Gasteiger partial charge is 0.227 e. The summed E-state index contributed by atoms with van der Waals surface area (Å²) < 4.78 is 13.0. The Morgan fingerprint density at radius 3 is 2.83 bits per heavy atom. The van der Waals surface area contributed by atoms with Crippen LogP contribution in [-0.2, 0) is 11.3 Å². The van der Waals surface area contributed by atoms with E-state index in [0.717, 1.165) is 47.5 Å². The maximum atomic E-state index is 13.3. The molecule has 1 saturated heterocycles. The van der Waals surface area contributed by atoms with E-state index in [-0.39, 0.29) is 17.9 Å². The van der Waals surface area contributed by atoms with Crippen LogP contribution in [0.15, 0.2) is 48.8 Å². The lowest BCUT2D eigenvalue weighted by atomic mass is 10.0. The van der Waals surface area contributed by atoms with Crippen LogP contribution in [0.1, 0.15) is 31.4 Å². The molecule has 2 atom stereocenters. The van der Waals surface area contributed by atoms with Gasteiger partial charge in [-0.25, -0.2) is 4.98 Å². The van der Waals surface area contributed by atoms with E-state index in [1.807, 2.05) is 60.6 Å². The molecule has 1 aliphatic heterocycles. The Labute approximate surface area is 171 Å². The predicted octanol–water partition coefficient (Wildman–Crippen LogP) is 4.05. The van der Waals surface area contributed by atoms with Crippen molar-refractivity contribution in [1.82, 2.24) is 14.5 Å². The molecule has 0 aliphatic carbocycles. The number of para-hydroxylation sites is 2. The van der Waals surface area contributed by atoms with Crippen LogP contribution < -0.4 is 9.47 Å². The largest absolute Gasteiger partial charge is 0.497 e. The van der Waals surface area contributed by atoms with Gasteiger partial charge in [-0.2, -0.15) is 0 Å². The van der Waals surface area contributed by atoms with Crippen molar-refractivity contribution in [3.63, 3.8) is 0 Å². The molecule has 2 aromatic carbocycles. The van der Waals surface area contributed by atoms with Crippen LogP contribution in [0.5, 0.6) is 11.5 Å². The first-order valence-corrected chi connectivity index (χ1v) is 10.0. The molecule has 1 amide bonds. The van der Waals surface area contributed by atoms with E-state index in [0.29, 0.717) is 6.54 Å². The number of aromatic nitrogens is 2. The maximum absolute atomic E-state index is 13.3. The molecule has 4 rings (SSSR count). The first kappa shape index (κ1) is 19.3. The van der Waals surface area contributed by atoms with E-state index in [1.165, 1.54) is 0 Å². The minimum atomic E-state index is -0.141. The van der Waals surface area contributed by atoms with Gasteiger partial charge in [0.15, 0.2) is 0 Å². The Kier molecular flexibility index (Phi) is 5.43. The minimum Gasteiger partial charge on any atom is -0.497 e. The lowest BCUT2D eigenvalue weighted by molar-refractivity contribution is -0.136. The number of carbonyl (C=O) groups is 1. The van der Waals surface area contributed by atoms with Crippen LogP contribution in [0.4, 0.5) is 0 Å². The molecular weight excluding hydrogens is 366 g/mol. The third-order valence-corrected chi connectivity index (χ3v) is 5.76. The van der Waals surface area contributed by atoms with Gasteiger partial charge in [0.2, 0.25) is 5.91 Å². The number of hydrogen-bond acceptors (Lipinski definition) is 4. The van der Waals surface area contributed by atoms with E-state index < -0.39 is 0 Å². The zero-order valence-corrected chi connectivity index (χ0v) is 17.2. The standard InChI is InChI=1S/C23H27N3O3/c1-16(14-25-15-24-19-7-4-5-8-21(19)25)23(27)26-12-6-9-20(26)18-11-10-17(28-2)13-22(18)29-3/h4-5,7-8,10-11,13,15-16,20H,6,9,12,14H2,1-3H3/t16-,20+/m0/s1. The molecule has 1 fully saturated rings. The molecule has 0 saturated carbocycles. The number of nitrogens with zero attached hydrogens (tertiary/aromatic N) is 3. The number of fused-ring (bicyclic) bond motifs is 1. The molecule has 1 aromatic heterocycles. The van der Waals surface area contributed by atoms with Crippen LogP contribution >= 0.6 is 0 Å². The van der Waals surface area contributed by atoms with Crippen molar-refractivity contribution >= 4 is 16.9 Å². The number of rotatable bonds is 6. The summed E-state index contributed by atoms with van der Waals surface area (Å²) in [5.74, 6) is 1.55. The zero-order chi connectivity index (χ0) is 20.4. The number of ether oxygens (including phenoxy) is 2. The fraction of sp³-hybridized carbons (Fsp3) is 0.391. The Hall–Kier alpha value is -3.02. The van der Waals surface area contributed by atoms with Gasteiger partial charge in [-0.15, -0.1) is 0 Å². The highest BCUT2D eigenvalue weighted by molar-refractivity contribution is 5.80. The lowest BCUT2D eigenvalue weighted by Crippen LogP contribution is -2.36. The Morgan fingerprint density at radius 2 is 2.03 bits per heavy atom. The molecular formula is C23H27N3O3. The van der Waals surface area contributed by atoms with Crippen LogP contribution in [0.25, 0.3) is 11.0 Å². The van der Waals surface area contributed by atoms with E-state index >= 15 is 0 Å². The Bertz CT molecular complexity index is 1010. The summed E-state index contributed by atoms with van der Waals surface area (Å²) in [5.41, 5.74) is 3.05. The Morgan fingerprint density at radius 1 is 1.21 bits per heavy atom. The third-order valence-electron chi connectivity index (χ3n) is 5.76. The highest BCUT2D eigenvalue weighted by atomic mass is 16.5. The number of benzene rings is 2. The molecule has 0 radical (unpaired) electrons. The summed E-state index contributed by atoms with van der Waals surface area (Å²) in [6.45, 7) is 3.38. The summed E-state index contributed by atoms with van der Waals surface area (Å²) in [6, 6.07) is 13.9. The number of methoxy groups -OCH3 is 2. The minimum absolute atomic E-state index is 0.0327. The van der Waals surface area contributed by atoms with Gasteiger partial charge in [-0.05, 0) is 37.1 Å². The summed E-state index contributed by atoms with van der Waals surface area (Å²) >= 11 is 0. The van der Waals surface area contributed by atoms with Crippen molar-refractivity contribution in [1.29, 1.82) is 0 Å². The summed E-state index contributed by atoms with van der Waals surface area (Å²) in [6.07, 6.45) is 3.75. The number of likely N-dealkylation sites (tertiary alicyclic amines) is 1. The molecule has 1 aliphatic rings. The lowest BCUT2D eigenvalue weighted by Gasteiger charge is -2.29. The topological polar surface area (TPSA) is 56.6 Å². The molecule has 0 N–H and O–H groups in total. The zero-order valence-electron chi connectivity index (χ0n) is 17.2. The molecule has 0 bridgehead atoms. The van der Waals surface area contributed by atoms with Crippen LogP contribution in [-0.4, -0.2) is 41.1 Å². The van der Waals surface area contributed by atoms with Gasteiger partial charge in [0.1, 0.15) is 11.5 Å². The summed E-state index contributed by atoms with van der Waals surface area (Å²) in [7, 11) is 3.30.